The molecule has 0 spiro atoms. The topological polar surface area (TPSA) is 81.6 Å². The maximum absolute atomic E-state index is 12.4. The van der Waals surface area contributed by atoms with E-state index in [0.29, 0.717) is 29.7 Å². The first-order chi connectivity index (χ1) is 12.6. The zero-order valence-corrected chi connectivity index (χ0v) is 16.5. The molecule has 0 unspecified atom stereocenters. The third-order valence-corrected chi connectivity index (χ3v) is 4.89. The van der Waals surface area contributed by atoms with Crippen LogP contribution in [0.4, 0.5) is 5.82 Å². The lowest BCUT2D eigenvalue weighted by Crippen LogP contribution is -2.37. The predicted molar refractivity (Wildman–Crippen MR) is 101 cm³/mol. The van der Waals surface area contributed by atoms with Crippen molar-refractivity contribution in [3.05, 3.63) is 11.8 Å². The minimum absolute atomic E-state index is 0.243. The molecule has 8 heteroatoms. The van der Waals surface area contributed by atoms with Crippen LogP contribution in [0.1, 0.15) is 56.3 Å². The molecule has 0 radical (unpaired) electrons. The van der Waals surface area contributed by atoms with Gasteiger partial charge in [0.2, 0.25) is 0 Å². The highest BCUT2D eigenvalue weighted by atomic mass is 32.2. The fourth-order valence-electron chi connectivity index (χ4n) is 3.15. The Labute approximate surface area is 158 Å². The monoisotopic (exact) mass is 381 g/mol. The molecule has 1 aromatic heterocycles. The van der Waals surface area contributed by atoms with Crippen LogP contribution in [0.3, 0.4) is 0 Å². The number of carbonyl (C=O) groups is 2. The maximum atomic E-state index is 12.4. The molecule has 1 fully saturated rings. The minimum atomic E-state index is -0.436. The molecule has 0 aromatic carbocycles. The van der Waals surface area contributed by atoms with Crippen molar-refractivity contribution in [1.29, 1.82) is 0 Å². The Kier molecular flexibility index (Phi) is 8.15. The molecule has 1 aliphatic rings. The van der Waals surface area contributed by atoms with Crippen LogP contribution in [0.15, 0.2) is 11.4 Å². The molecule has 2 rings (SSSR count). The van der Waals surface area contributed by atoms with Gasteiger partial charge in [-0.2, -0.15) is 0 Å². The standard InChI is InChI=1S/C18H27N3O4S/c1-4-24-15(22)10-11-21(13-8-6-7-9-13)16-14(17(23)25-5-2)12-19-18(20-16)26-3/h12-13H,4-11H2,1-3H3. The van der Waals surface area contributed by atoms with Gasteiger partial charge in [0.05, 0.1) is 19.6 Å². The molecule has 1 aliphatic carbocycles. The van der Waals surface area contributed by atoms with Gasteiger partial charge < -0.3 is 14.4 Å². The quantitative estimate of drug-likeness (QED) is 0.367. The second-order valence-corrected chi connectivity index (χ2v) is 6.77. The SMILES string of the molecule is CCOC(=O)CCN(c1nc(SC)ncc1C(=O)OCC)C1CCCC1. The van der Waals surface area contributed by atoms with E-state index < -0.39 is 5.97 Å². The zero-order valence-electron chi connectivity index (χ0n) is 15.7. The fraction of sp³-hybridized carbons (Fsp3) is 0.667. The molecule has 0 atom stereocenters. The molecule has 0 bridgehead atoms. The van der Waals surface area contributed by atoms with E-state index in [1.807, 2.05) is 6.26 Å². The Morgan fingerprint density at radius 1 is 1.23 bits per heavy atom. The molecule has 0 aliphatic heterocycles. The van der Waals surface area contributed by atoms with Gasteiger partial charge in [0, 0.05) is 18.8 Å². The lowest BCUT2D eigenvalue weighted by atomic mass is 10.1. The molecule has 0 saturated heterocycles. The number of ether oxygens (including phenoxy) is 2. The first-order valence-electron chi connectivity index (χ1n) is 9.11. The molecule has 7 nitrogen and oxygen atoms in total. The van der Waals surface area contributed by atoms with Crippen LogP contribution in [0.25, 0.3) is 0 Å². The summed E-state index contributed by atoms with van der Waals surface area (Å²) in [5.41, 5.74) is 0.348. The lowest BCUT2D eigenvalue weighted by molar-refractivity contribution is -0.142. The van der Waals surface area contributed by atoms with E-state index in [-0.39, 0.29) is 25.0 Å². The minimum Gasteiger partial charge on any atom is -0.466 e. The van der Waals surface area contributed by atoms with Crippen LogP contribution in [-0.4, -0.2) is 54.0 Å². The summed E-state index contributed by atoms with van der Waals surface area (Å²) in [5, 5.41) is 0.590. The Morgan fingerprint density at radius 3 is 2.54 bits per heavy atom. The molecule has 1 saturated carbocycles. The zero-order chi connectivity index (χ0) is 18.9. The lowest BCUT2D eigenvalue weighted by Gasteiger charge is -2.31. The highest BCUT2D eigenvalue weighted by Gasteiger charge is 2.29. The smallest absolute Gasteiger partial charge is 0.343 e. The number of rotatable bonds is 9. The van der Waals surface area contributed by atoms with Crippen molar-refractivity contribution in [2.45, 2.75) is 57.1 Å². The number of nitrogens with zero attached hydrogens (tertiary/aromatic N) is 3. The normalized spacial score (nSPS) is 14.3. The van der Waals surface area contributed by atoms with Crippen molar-refractivity contribution >= 4 is 29.5 Å². The summed E-state index contributed by atoms with van der Waals surface area (Å²) >= 11 is 1.42. The summed E-state index contributed by atoms with van der Waals surface area (Å²) in [6, 6.07) is 0.252. The van der Waals surface area contributed by atoms with Crippen LogP contribution in [0, 0.1) is 0 Å². The number of carbonyl (C=O) groups excluding carboxylic acids is 2. The van der Waals surface area contributed by atoms with Crippen LogP contribution < -0.4 is 4.90 Å². The van der Waals surface area contributed by atoms with Gasteiger partial charge in [-0.3, -0.25) is 4.79 Å². The predicted octanol–water partition coefficient (Wildman–Crippen LogP) is 3.08. The molecule has 144 valence electrons. The van der Waals surface area contributed by atoms with Crippen LogP contribution in [-0.2, 0) is 14.3 Å². The van der Waals surface area contributed by atoms with Crippen LogP contribution in [0.5, 0.6) is 0 Å². The summed E-state index contributed by atoms with van der Waals surface area (Å²) in [7, 11) is 0. The first-order valence-corrected chi connectivity index (χ1v) is 10.3. The van der Waals surface area contributed by atoms with Crippen molar-refractivity contribution in [3.8, 4) is 0 Å². The average Bonchev–Trinajstić information content (AvgIpc) is 3.16. The Hall–Kier alpha value is -1.83. The number of hydrogen-bond donors (Lipinski definition) is 0. The van der Waals surface area contributed by atoms with E-state index in [9.17, 15) is 9.59 Å². The van der Waals surface area contributed by atoms with Gasteiger partial charge in [0.15, 0.2) is 5.16 Å². The fourth-order valence-corrected chi connectivity index (χ4v) is 3.49. The third kappa shape index (κ3) is 5.33. The summed E-state index contributed by atoms with van der Waals surface area (Å²) in [4.78, 5) is 35.1. The summed E-state index contributed by atoms with van der Waals surface area (Å²) in [6.45, 7) is 4.67. The highest BCUT2D eigenvalue weighted by Crippen LogP contribution is 2.30. The molecule has 1 aromatic rings. The molecule has 0 amide bonds. The average molecular weight is 381 g/mol. The third-order valence-electron chi connectivity index (χ3n) is 4.32. The van der Waals surface area contributed by atoms with Crippen LogP contribution >= 0.6 is 11.8 Å². The van der Waals surface area contributed by atoms with Crippen molar-refractivity contribution < 1.29 is 19.1 Å². The van der Waals surface area contributed by atoms with E-state index in [4.69, 9.17) is 9.47 Å². The van der Waals surface area contributed by atoms with Gasteiger partial charge in [0.25, 0.3) is 0 Å². The van der Waals surface area contributed by atoms with Gasteiger partial charge in [-0.05, 0) is 32.9 Å². The molecule has 1 heterocycles. The number of hydrogen-bond acceptors (Lipinski definition) is 8. The Balaban J connectivity index is 2.34. The van der Waals surface area contributed by atoms with E-state index in [0.717, 1.165) is 25.7 Å². The maximum Gasteiger partial charge on any atom is 0.343 e. The van der Waals surface area contributed by atoms with Crippen LogP contribution in [0.2, 0.25) is 0 Å². The van der Waals surface area contributed by atoms with Crippen molar-refractivity contribution in [3.63, 3.8) is 0 Å². The number of esters is 2. The van der Waals surface area contributed by atoms with Gasteiger partial charge in [-0.1, -0.05) is 24.6 Å². The Bertz CT molecular complexity index is 620. The van der Waals surface area contributed by atoms with E-state index in [2.05, 4.69) is 14.9 Å². The van der Waals surface area contributed by atoms with Crippen molar-refractivity contribution in [2.75, 3.05) is 30.9 Å². The summed E-state index contributed by atoms with van der Waals surface area (Å²) in [5.74, 6) is -0.124. The highest BCUT2D eigenvalue weighted by molar-refractivity contribution is 7.98. The molecule has 0 N–H and O–H groups in total. The number of thioether (sulfide) groups is 1. The second-order valence-electron chi connectivity index (χ2n) is 6.00. The van der Waals surface area contributed by atoms with Crippen molar-refractivity contribution in [2.24, 2.45) is 0 Å². The molecular weight excluding hydrogens is 354 g/mol. The molecular formula is C18H27N3O4S. The largest absolute Gasteiger partial charge is 0.466 e. The second kappa shape index (κ2) is 10.4. The molecule has 26 heavy (non-hydrogen) atoms. The van der Waals surface area contributed by atoms with E-state index >= 15 is 0 Å². The van der Waals surface area contributed by atoms with Gasteiger partial charge in [0.1, 0.15) is 11.4 Å². The number of aromatic nitrogens is 2. The van der Waals surface area contributed by atoms with Crippen molar-refractivity contribution in [1.82, 2.24) is 9.97 Å². The first kappa shape index (κ1) is 20.5. The number of anilines is 1. The van der Waals surface area contributed by atoms with E-state index in [1.54, 1.807) is 13.8 Å². The Morgan fingerprint density at radius 2 is 1.92 bits per heavy atom. The van der Waals surface area contributed by atoms with Gasteiger partial charge in [-0.25, -0.2) is 14.8 Å². The summed E-state index contributed by atoms with van der Waals surface area (Å²) in [6.07, 6.45) is 7.98. The van der Waals surface area contributed by atoms with E-state index in [1.165, 1.54) is 18.0 Å². The summed E-state index contributed by atoms with van der Waals surface area (Å²) < 4.78 is 10.2. The van der Waals surface area contributed by atoms with Gasteiger partial charge >= 0.3 is 11.9 Å². The van der Waals surface area contributed by atoms with Gasteiger partial charge in [-0.15, -0.1) is 0 Å².